The van der Waals surface area contributed by atoms with E-state index in [4.69, 9.17) is 16.7 Å². The Morgan fingerprint density at radius 2 is 1.56 bits per heavy atom. The molecule has 0 bridgehead atoms. The predicted molar refractivity (Wildman–Crippen MR) is 107 cm³/mol. The van der Waals surface area contributed by atoms with E-state index in [1.165, 1.54) is 70.6 Å². The van der Waals surface area contributed by atoms with Crippen LogP contribution in [0.3, 0.4) is 0 Å². The number of hydrogen-bond acceptors (Lipinski definition) is 1. The number of alkyl halides is 1. The molecule has 0 fully saturated rings. The zero-order valence-corrected chi connectivity index (χ0v) is 16.6. The van der Waals surface area contributed by atoms with E-state index >= 15 is 0 Å². The number of carboxylic acid groups (broad SMARTS) is 1. The molecule has 144 valence electrons. The Morgan fingerprint density at radius 3 is 2.12 bits per heavy atom. The molecule has 0 saturated heterocycles. The second kappa shape index (κ2) is 14.2. The molecule has 25 heavy (non-hydrogen) atoms. The summed E-state index contributed by atoms with van der Waals surface area (Å²) in [4.78, 5) is 11.1. The van der Waals surface area contributed by atoms with Crippen molar-refractivity contribution in [1.82, 2.24) is 4.57 Å². The van der Waals surface area contributed by atoms with Crippen LogP contribution in [0.25, 0.3) is 0 Å². The van der Waals surface area contributed by atoms with Crippen LogP contribution in [0.1, 0.15) is 101 Å². The summed E-state index contributed by atoms with van der Waals surface area (Å²) in [6.07, 6.45) is 18.5. The predicted octanol–water partition coefficient (Wildman–Crippen LogP) is 6.88. The summed E-state index contributed by atoms with van der Waals surface area (Å²) in [5, 5.41) is 9.22. The molecule has 1 rings (SSSR count). The Bertz CT molecular complexity index is 459. The minimum atomic E-state index is -0.874. The van der Waals surface area contributed by atoms with Crippen molar-refractivity contribution in [2.75, 3.05) is 0 Å². The number of hydrogen-bond donors (Lipinski definition) is 1. The zero-order chi connectivity index (χ0) is 18.3. The summed E-state index contributed by atoms with van der Waals surface area (Å²) in [5.74, 6) is -0.874. The van der Waals surface area contributed by atoms with Crippen molar-refractivity contribution in [3.05, 3.63) is 24.0 Å². The standard InChI is InChI=1S/C21H36ClNO2/c1-2-3-4-5-6-7-8-9-10-11-12-14-19(22)16-18-23-17-13-15-20(23)21(24)25/h13,15,17,19H,2-12,14,16,18H2,1H3,(H,24,25). The van der Waals surface area contributed by atoms with Crippen LogP contribution in [0.2, 0.25) is 0 Å². The molecule has 1 aromatic rings. The zero-order valence-electron chi connectivity index (χ0n) is 15.9. The molecule has 0 radical (unpaired) electrons. The molecule has 1 atom stereocenters. The van der Waals surface area contributed by atoms with Crippen LogP contribution >= 0.6 is 11.6 Å². The minimum Gasteiger partial charge on any atom is -0.477 e. The third-order valence-corrected chi connectivity index (χ3v) is 5.29. The Labute approximate surface area is 158 Å². The number of carboxylic acids is 1. The maximum Gasteiger partial charge on any atom is 0.352 e. The molecular formula is C21H36ClNO2. The summed E-state index contributed by atoms with van der Waals surface area (Å²) < 4.78 is 1.78. The topological polar surface area (TPSA) is 42.2 Å². The van der Waals surface area contributed by atoms with Gasteiger partial charge in [0.25, 0.3) is 0 Å². The fourth-order valence-electron chi connectivity index (χ4n) is 3.26. The van der Waals surface area contributed by atoms with Gasteiger partial charge in [-0.1, -0.05) is 77.6 Å². The van der Waals surface area contributed by atoms with Crippen molar-refractivity contribution in [2.24, 2.45) is 0 Å². The van der Waals surface area contributed by atoms with Gasteiger partial charge in [-0.15, -0.1) is 11.6 Å². The number of aromatic nitrogens is 1. The maximum atomic E-state index is 11.1. The number of halogens is 1. The third kappa shape index (κ3) is 10.6. The van der Waals surface area contributed by atoms with Gasteiger partial charge in [0.15, 0.2) is 0 Å². The highest BCUT2D eigenvalue weighted by atomic mass is 35.5. The first-order valence-corrected chi connectivity index (χ1v) is 10.6. The van der Waals surface area contributed by atoms with Crippen molar-refractivity contribution >= 4 is 17.6 Å². The molecule has 0 aromatic carbocycles. The highest BCUT2D eigenvalue weighted by molar-refractivity contribution is 6.20. The molecule has 4 heteroatoms. The summed E-state index contributed by atoms with van der Waals surface area (Å²) in [6.45, 7) is 2.94. The van der Waals surface area contributed by atoms with Crippen molar-refractivity contribution in [2.45, 2.75) is 102 Å². The first kappa shape index (κ1) is 22.1. The fourth-order valence-corrected chi connectivity index (χ4v) is 3.51. The van der Waals surface area contributed by atoms with Gasteiger partial charge in [-0.05, 0) is 25.0 Å². The minimum absolute atomic E-state index is 0.141. The molecule has 1 aromatic heterocycles. The van der Waals surface area contributed by atoms with Crippen LogP contribution in [0.4, 0.5) is 0 Å². The van der Waals surface area contributed by atoms with Crippen LogP contribution in [0.15, 0.2) is 18.3 Å². The molecule has 1 unspecified atom stereocenters. The quantitative estimate of drug-likeness (QED) is 0.255. The van der Waals surface area contributed by atoms with E-state index in [-0.39, 0.29) is 5.38 Å². The van der Waals surface area contributed by atoms with E-state index in [0.717, 1.165) is 12.8 Å². The summed E-state index contributed by atoms with van der Waals surface area (Å²) >= 11 is 6.39. The van der Waals surface area contributed by atoms with Gasteiger partial charge >= 0.3 is 5.97 Å². The lowest BCUT2D eigenvalue weighted by Gasteiger charge is -2.11. The van der Waals surface area contributed by atoms with Crippen LogP contribution < -0.4 is 0 Å². The lowest BCUT2D eigenvalue weighted by Crippen LogP contribution is -2.11. The van der Waals surface area contributed by atoms with Gasteiger partial charge in [0.2, 0.25) is 0 Å². The van der Waals surface area contributed by atoms with Gasteiger partial charge in [-0.25, -0.2) is 4.79 Å². The largest absolute Gasteiger partial charge is 0.477 e. The fraction of sp³-hybridized carbons (Fsp3) is 0.762. The number of unbranched alkanes of at least 4 members (excludes halogenated alkanes) is 10. The molecule has 0 aliphatic rings. The average molecular weight is 370 g/mol. The molecule has 0 aliphatic carbocycles. The maximum absolute atomic E-state index is 11.1. The van der Waals surface area contributed by atoms with Crippen LogP contribution in [0.5, 0.6) is 0 Å². The molecule has 0 saturated carbocycles. The Morgan fingerprint density at radius 1 is 1.00 bits per heavy atom. The van der Waals surface area contributed by atoms with Gasteiger partial charge in [0, 0.05) is 18.1 Å². The number of aryl methyl sites for hydroxylation is 1. The molecule has 0 amide bonds. The number of aromatic carboxylic acids is 1. The monoisotopic (exact) mass is 369 g/mol. The third-order valence-electron chi connectivity index (χ3n) is 4.85. The highest BCUT2D eigenvalue weighted by Crippen LogP contribution is 2.17. The van der Waals surface area contributed by atoms with Crippen molar-refractivity contribution in [1.29, 1.82) is 0 Å². The summed E-state index contributed by atoms with van der Waals surface area (Å²) in [5.41, 5.74) is 0.346. The van der Waals surface area contributed by atoms with Gasteiger partial charge in [-0.2, -0.15) is 0 Å². The van der Waals surface area contributed by atoms with E-state index in [9.17, 15) is 4.79 Å². The van der Waals surface area contributed by atoms with Crippen LogP contribution in [0, 0.1) is 0 Å². The molecule has 1 N–H and O–H groups in total. The van der Waals surface area contributed by atoms with Crippen molar-refractivity contribution in [3.63, 3.8) is 0 Å². The Balaban J connectivity index is 1.94. The second-order valence-electron chi connectivity index (χ2n) is 7.10. The van der Waals surface area contributed by atoms with Gasteiger partial charge < -0.3 is 9.67 Å². The van der Waals surface area contributed by atoms with Crippen LogP contribution in [-0.2, 0) is 6.54 Å². The molecular weight excluding hydrogens is 334 g/mol. The number of nitrogens with zero attached hydrogens (tertiary/aromatic N) is 1. The first-order valence-electron chi connectivity index (χ1n) is 10.2. The Kier molecular flexibility index (Phi) is 12.6. The molecule has 0 spiro atoms. The number of rotatable bonds is 16. The highest BCUT2D eigenvalue weighted by Gasteiger charge is 2.10. The van der Waals surface area contributed by atoms with Crippen molar-refractivity contribution < 1.29 is 9.90 Å². The SMILES string of the molecule is CCCCCCCCCCCCCC(Cl)CCn1cccc1C(=O)O. The van der Waals surface area contributed by atoms with E-state index in [2.05, 4.69) is 6.92 Å². The summed E-state index contributed by atoms with van der Waals surface area (Å²) in [6, 6.07) is 3.41. The molecule has 3 nitrogen and oxygen atoms in total. The van der Waals surface area contributed by atoms with Gasteiger partial charge in [-0.3, -0.25) is 0 Å². The Hall–Kier alpha value is -0.960. The lowest BCUT2D eigenvalue weighted by molar-refractivity contribution is 0.0685. The average Bonchev–Trinajstić information content (AvgIpc) is 3.06. The lowest BCUT2D eigenvalue weighted by atomic mass is 10.0. The van der Waals surface area contributed by atoms with E-state index in [1.54, 1.807) is 16.7 Å². The molecule has 0 aliphatic heterocycles. The van der Waals surface area contributed by atoms with E-state index < -0.39 is 5.97 Å². The molecule has 1 heterocycles. The van der Waals surface area contributed by atoms with Crippen LogP contribution in [-0.4, -0.2) is 21.0 Å². The van der Waals surface area contributed by atoms with Gasteiger partial charge in [0.05, 0.1) is 0 Å². The van der Waals surface area contributed by atoms with Crippen molar-refractivity contribution in [3.8, 4) is 0 Å². The number of carbonyl (C=O) groups is 1. The van der Waals surface area contributed by atoms with E-state index in [0.29, 0.717) is 12.2 Å². The van der Waals surface area contributed by atoms with E-state index in [1.807, 2.05) is 6.20 Å². The smallest absolute Gasteiger partial charge is 0.352 e. The summed E-state index contributed by atoms with van der Waals surface area (Å²) in [7, 11) is 0. The second-order valence-corrected chi connectivity index (χ2v) is 7.72. The normalized spacial score (nSPS) is 12.4. The van der Waals surface area contributed by atoms with Gasteiger partial charge in [0.1, 0.15) is 5.69 Å². The first-order chi connectivity index (χ1) is 12.1.